The van der Waals surface area contributed by atoms with Crippen LogP contribution in [0.1, 0.15) is 45.7 Å². The summed E-state index contributed by atoms with van der Waals surface area (Å²) >= 11 is 0. The predicted molar refractivity (Wildman–Crippen MR) is 109 cm³/mol. The molecule has 26 heavy (non-hydrogen) atoms. The zero-order valence-electron chi connectivity index (χ0n) is 17.1. The van der Waals surface area contributed by atoms with Crippen LogP contribution in [0.2, 0.25) is 0 Å². The Labute approximate surface area is 158 Å². The number of rotatable bonds is 8. The van der Waals surface area contributed by atoms with Crippen molar-refractivity contribution < 1.29 is 4.79 Å². The van der Waals surface area contributed by atoms with Crippen molar-refractivity contribution in [2.45, 2.75) is 53.2 Å². The lowest BCUT2D eigenvalue weighted by Crippen LogP contribution is -2.48. The zero-order chi connectivity index (χ0) is 19.6. The molecule has 0 aliphatic heterocycles. The SMILES string of the molecule is CCN(CC)Cc1cccc(CNC(=NC)NCC(=O)NC(C)(C)C)c1. The molecule has 6 nitrogen and oxygen atoms in total. The van der Waals surface area contributed by atoms with Crippen molar-refractivity contribution in [3.8, 4) is 0 Å². The summed E-state index contributed by atoms with van der Waals surface area (Å²) in [7, 11) is 1.70. The minimum Gasteiger partial charge on any atom is -0.352 e. The van der Waals surface area contributed by atoms with Crippen molar-refractivity contribution in [2.75, 3.05) is 26.7 Å². The van der Waals surface area contributed by atoms with Crippen molar-refractivity contribution >= 4 is 11.9 Å². The number of benzene rings is 1. The van der Waals surface area contributed by atoms with Crippen molar-refractivity contribution in [3.63, 3.8) is 0 Å². The number of carbonyl (C=O) groups excluding carboxylic acids is 1. The summed E-state index contributed by atoms with van der Waals surface area (Å²) in [5.41, 5.74) is 2.26. The molecule has 0 aromatic heterocycles. The van der Waals surface area contributed by atoms with Gasteiger partial charge in [-0.05, 0) is 45.0 Å². The Hall–Kier alpha value is -2.08. The first-order valence-electron chi connectivity index (χ1n) is 9.33. The molecule has 6 heteroatoms. The Morgan fingerprint density at radius 1 is 1.12 bits per heavy atom. The number of nitrogens with one attached hydrogen (secondary N) is 3. The van der Waals surface area contributed by atoms with Crippen LogP contribution in [-0.2, 0) is 17.9 Å². The molecule has 0 unspecified atom stereocenters. The molecule has 3 N–H and O–H groups in total. The van der Waals surface area contributed by atoms with Gasteiger partial charge in [0.2, 0.25) is 5.91 Å². The van der Waals surface area contributed by atoms with E-state index in [0.717, 1.165) is 19.6 Å². The second kappa shape index (κ2) is 10.8. The van der Waals surface area contributed by atoms with Gasteiger partial charge in [-0.25, -0.2) is 0 Å². The van der Waals surface area contributed by atoms with E-state index in [4.69, 9.17) is 0 Å². The van der Waals surface area contributed by atoms with Crippen molar-refractivity contribution in [3.05, 3.63) is 35.4 Å². The highest BCUT2D eigenvalue weighted by molar-refractivity contribution is 5.86. The van der Waals surface area contributed by atoms with E-state index < -0.39 is 0 Å². The van der Waals surface area contributed by atoms with Gasteiger partial charge in [-0.3, -0.25) is 14.7 Å². The molecular weight excluding hydrogens is 326 g/mol. The molecule has 0 aliphatic carbocycles. The predicted octanol–water partition coefficient (Wildman–Crippen LogP) is 2.11. The molecule has 0 fully saturated rings. The van der Waals surface area contributed by atoms with Crippen LogP contribution < -0.4 is 16.0 Å². The lowest BCUT2D eigenvalue weighted by molar-refractivity contribution is -0.121. The van der Waals surface area contributed by atoms with Gasteiger partial charge in [-0.1, -0.05) is 38.1 Å². The van der Waals surface area contributed by atoms with Gasteiger partial charge in [-0.2, -0.15) is 0 Å². The van der Waals surface area contributed by atoms with E-state index in [1.807, 2.05) is 20.8 Å². The average molecular weight is 362 g/mol. The summed E-state index contributed by atoms with van der Waals surface area (Å²) in [6, 6.07) is 8.55. The van der Waals surface area contributed by atoms with E-state index in [-0.39, 0.29) is 18.0 Å². The van der Waals surface area contributed by atoms with E-state index in [1.165, 1.54) is 11.1 Å². The van der Waals surface area contributed by atoms with Gasteiger partial charge in [0.15, 0.2) is 5.96 Å². The smallest absolute Gasteiger partial charge is 0.239 e. The minimum absolute atomic E-state index is 0.0540. The van der Waals surface area contributed by atoms with Crippen molar-refractivity contribution in [2.24, 2.45) is 4.99 Å². The summed E-state index contributed by atoms with van der Waals surface area (Å²) in [5.74, 6) is 0.560. The van der Waals surface area contributed by atoms with E-state index in [2.05, 4.69) is 64.0 Å². The third kappa shape index (κ3) is 8.85. The van der Waals surface area contributed by atoms with Gasteiger partial charge in [0, 0.05) is 25.7 Å². The molecule has 1 aromatic carbocycles. The summed E-state index contributed by atoms with van der Waals surface area (Å²) in [6.45, 7) is 14.2. The largest absolute Gasteiger partial charge is 0.352 e. The van der Waals surface area contributed by atoms with Crippen LogP contribution in [0, 0.1) is 0 Å². The Kier molecular flexibility index (Phi) is 9.13. The van der Waals surface area contributed by atoms with Gasteiger partial charge in [-0.15, -0.1) is 0 Å². The summed E-state index contributed by atoms with van der Waals surface area (Å²) in [5, 5.41) is 9.22. The third-order valence-corrected chi connectivity index (χ3v) is 3.91. The van der Waals surface area contributed by atoms with Gasteiger partial charge in [0.25, 0.3) is 0 Å². The maximum Gasteiger partial charge on any atom is 0.239 e. The number of hydrogen-bond acceptors (Lipinski definition) is 3. The lowest BCUT2D eigenvalue weighted by atomic mass is 10.1. The van der Waals surface area contributed by atoms with Gasteiger partial charge >= 0.3 is 0 Å². The van der Waals surface area contributed by atoms with Crippen LogP contribution in [0.25, 0.3) is 0 Å². The standard InChI is InChI=1S/C20H35N5O/c1-7-25(8-2)15-17-11-9-10-16(12-17)13-22-19(21-6)23-14-18(26)24-20(3,4)5/h9-12H,7-8,13-15H2,1-6H3,(H,24,26)(H2,21,22,23). The molecule has 0 radical (unpaired) electrons. The van der Waals surface area contributed by atoms with Gasteiger partial charge in [0.05, 0.1) is 6.54 Å². The number of carbonyl (C=O) groups is 1. The van der Waals surface area contributed by atoms with Crippen LogP contribution in [-0.4, -0.2) is 49.0 Å². The zero-order valence-corrected chi connectivity index (χ0v) is 17.1. The van der Waals surface area contributed by atoms with Crippen LogP contribution in [0.4, 0.5) is 0 Å². The molecule has 0 aliphatic rings. The number of nitrogens with zero attached hydrogens (tertiary/aromatic N) is 2. The van der Waals surface area contributed by atoms with Crippen molar-refractivity contribution in [1.82, 2.24) is 20.9 Å². The highest BCUT2D eigenvalue weighted by Crippen LogP contribution is 2.08. The molecule has 146 valence electrons. The Balaban J connectivity index is 2.52. The maximum absolute atomic E-state index is 11.9. The first kappa shape index (κ1) is 22.0. The highest BCUT2D eigenvalue weighted by atomic mass is 16.2. The first-order valence-corrected chi connectivity index (χ1v) is 9.33. The summed E-state index contributed by atoms with van der Waals surface area (Å²) in [4.78, 5) is 18.5. The molecule has 1 aromatic rings. The fourth-order valence-electron chi connectivity index (χ4n) is 2.58. The van der Waals surface area contributed by atoms with Gasteiger partial charge < -0.3 is 16.0 Å². The molecule has 0 saturated carbocycles. The van der Waals surface area contributed by atoms with Crippen LogP contribution >= 0.6 is 0 Å². The number of guanidine groups is 1. The molecule has 0 saturated heterocycles. The first-order chi connectivity index (χ1) is 12.3. The fourth-order valence-corrected chi connectivity index (χ4v) is 2.58. The van der Waals surface area contributed by atoms with E-state index in [0.29, 0.717) is 12.5 Å². The topological polar surface area (TPSA) is 68.8 Å². The third-order valence-electron chi connectivity index (χ3n) is 3.91. The Bertz CT molecular complexity index is 588. The summed E-state index contributed by atoms with van der Waals surface area (Å²) < 4.78 is 0. The highest BCUT2D eigenvalue weighted by Gasteiger charge is 2.13. The van der Waals surface area contributed by atoms with Crippen LogP contribution in [0.3, 0.4) is 0 Å². The summed E-state index contributed by atoms with van der Waals surface area (Å²) in [6.07, 6.45) is 0. The Morgan fingerprint density at radius 3 is 2.35 bits per heavy atom. The number of amides is 1. The van der Waals surface area contributed by atoms with Crippen LogP contribution in [0.5, 0.6) is 0 Å². The normalized spacial score (nSPS) is 12.2. The maximum atomic E-state index is 11.9. The molecule has 0 spiro atoms. The molecular formula is C20H35N5O. The monoisotopic (exact) mass is 361 g/mol. The second-order valence-corrected chi connectivity index (χ2v) is 7.36. The van der Waals surface area contributed by atoms with Crippen molar-refractivity contribution in [1.29, 1.82) is 0 Å². The molecule has 1 rings (SSSR count). The number of hydrogen-bond donors (Lipinski definition) is 3. The quantitative estimate of drug-likeness (QED) is 0.490. The lowest BCUT2D eigenvalue weighted by Gasteiger charge is -2.21. The molecule has 1 amide bonds. The van der Waals surface area contributed by atoms with E-state index in [1.54, 1.807) is 7.05 Å². The van der Waals surface area contributed by atoms with E-state index >= 15 is 0 Å². The second-order valence-electron chi connectivity index (χ2n) is 7.36. The average Bonchev–Trinajstić information content (AvgIpc) is 2.58. The molecule has 0 atom stereocenters. The number of aliphatic imine (C=N–C) groups is 1. The molecule has 0 heterocycles. The van der Waals surface area contributed by atoms with Crippen LogP contribution in [0.15, 0.2) is 29.3 Å². The molecule has 0 bridgehead atoms. The van der Waals surface area contributed by atoms with Gasteiger partial charge in [0.1, 0.15) is 0 Å². The fraction of sp³-hybridized carbons (Fsp3) is 0.600. The minimum atomic E-state index is -0.235. The Morgan fingerprint density at radius 2 is 1.77 bits per heavy atom. The van der Waals surface area contributed by atoms with E-state index in [9.17, 15) is 4.79 Å².